The van der Waals surface area contributed by atoms with Crippen LogP contribution in [-0.4, -0.2) is 43.1 Å². The summed E-state index contributed by atoms with van der Waals surface area (Å²) < 4.78 is 0. The highest BCUT2D eigenvalue weighted by Gasteiger charge is 2.36. The lowest BCUT2D eigenvalue weighted by molar-refractivity contribution is -0.130. The molecule has 4 nitrogen and oxygen atoms in total. The zero-order valence-electron chi connectivity index (χ0n) is 12.9. The molecule has 0 spiro atoms. The Kier molecular flexibility index (Phi) is 7.16. The van der Waals surface area contributed by atoms with E-state index in [1.165, 1.54) is 0 Å². The number of amides is 1. The van der Waals surface area contributed by atoms with Crippen molar-refractivity contribution in [3.63, 3.8) is 0 Å². The molecule has 0 heterocycles. The first-order valence-electron chi connectivity index (χ1n) is 7.39. The summed E-state index contributed by atoms with van der Waals surface area (Å²) in [4.78, 5) is 14.6. The van der Waals surface area contributed by atoms with E-state index in [9.17, 15) is 4.79 Å². The van der Waals surface area contributed by atoms with Gasteiger partial charge in [-0.2, -0.15) is 0 Å². The third-order valence-electron chi connectivity index (χ3n) is 3.92. The quantitative estimate of drug-likeness (QED) is 0.447. The number of rotatable bonds is 6. The van der Waals surface area contributed by atoms with Crippen LogP contribution in [0.3, 0.4) is 0 Å². The van der Waals surface area contributed by atoms with Crippen LogP contribution in [0, 0.1) is 5.41 Å². The van der Waals surface area contributed by atoms with E-state index in [4.69, 9.17) is 12.2 Å². The number of thiocarbonyl (C=S) groups is 1. The van der Waals surface area contributed by atoms with Crippen molar-refractivity contribution >= 4 is 23.2 Å². The SMILES string of the molecule is CCC1(C(=O)NC(=S)NCCCN(C)C)CC=CCC1. The van der Waals surface area contributed by atoms with Crippen molar-refractivity contribution in [3.8, 4) is 0 Å². The lowest BCUT2D eigenvalue weighted by atomic mass is 9.74. The summed E-state index contributed by atoms with van der Waals surface area (Å²) in [5.41, 5.74) is -0.274. The average molecular weight is 297 g/mol. The Morgan fingerprint density at radius 3 is 2.70 bits per heavy atom. The Labute approximate surface area is 128 Å². The molecule has 1 aliphatic rings. The van der Waals surface area contributed by atoms with Gasteiger partial charge in [0.15, 0.2) is 5.11 Å². The molecule has 1 amide bonds. The van der Waals surface area contributed by atoms with Gasteiger partial charge in [-0.05, 0) is 65.0 Å². The van der Waals surface area contributed by atoms with Crippen molar-refractivity contribution in [1.29, 1.82) is 0 Å². The minimum absolute atomic E-state index is 0.0643. The molecule has 0 radical (unpaired) electrons. The minimum Gasteiger partial charge on any atom is -0.362 e. The average Bonchev–Trinajstić information content (AvgIpc) is 2.44. The smallest absolute Gasteiger partial charge is 0.232 e. The Morgan fingerprint density at radius 2 is 2.15 bits per heavy atom. The number of carbonyl (C=O) groups is 1. The molecule has 0 aliphatic heterocycles. The molecular weight excluding hydrogens is 270 g/mol. The second-order valence-electron chi connectivity index (χ2n) is 5.71. The predicted octanol–water partition coefficient (Wildman–Crippen LogP) is 2.07. The number of hydrogen-bond acceptors (Lipinski definition) is 3. The van der Waals surface area contributed by atoms with Crippen molar-refractivity contribution in [1.82, 2.24) is 15.5 Å². The molecule has 0 aromatic heterocycles. The minimum atomic E-state index is -0.274. The van der Waals surface area contributed by atoms with Crippen molar-refractivity contribution in [2.75, 3.05) is 27.2 Å². The van der Waals surface area contributed by atoms with Crippen LogP contribution in [0.2, 0.25) is 0 Å². The summed E-state index contributed by atoms with van der Waals surface area (Å²) in [6.07, 6.45) is 8.83. The zero-order chi connectivity index (χ0) is 15.0. The normalized spacial score (nSPS) is 21.8. The van der Waals surface area contributed by atoms with E-state index in [0.717, 1.165) is 45.2 Å². The predicted molar refractivity (Wildman–Crippen MR) is 87.6 cm³/mol. The third kappa shape index (κ3) is 5.21. The van der Waals surface area contributed by atoms with Crippen LogP contribution in [0.15, 0.2) is 12.2 Å². The van der Waals surface area contributed by atoms with Gasteiger partial charge in [0, 0.05) is 6.54 Å². The van der Waals surface area contributed by atoms with E-state index in [-0.39, 0.29) is 11.3 Å². The molecular formula is C15H27N3OS. The maximum atomic E-state index is 12.4. The van der Waals surface area contributed by atoms with E-state index in [0.29, 0.717) is 5.11 Å². The number of nitrogens with zero attached hydrogens (tertiary/aromatic N) is 1. The monoisotopic (exact) mass is 297 g/mol. The Balaban J connectivity index is 2.36. The molecule has 0 aromatic carbocycles. The van der Waals surface area contributed by atoms with Crippen LogP contribution in [0.5, 0.6) is 0 Å². The lowest BCUT2D eigenvalue weighted by Crippen LogP contribution is -2.48. The van der Waals surface area contributed by atoms with Gasteiger partial charge in [-0.15, -0.1) is 0 Å². The second kappa shape index (κ2) is 8.37. The van der Waals surface area contributed by atoms with E-state index < -0.39 is 0 Å². The van der Waals surface area contributed by atoms with E-state index in [2.05, 4.69) is 34.6 Å². The molecule has 1 atom stereocenters. The highest BCUT2D eigenvalue weighted by Crippen LogP contribution is 2.36. The van der Waals surface area contributed by atoms with Gasteiger partial charge in [0.2, 0.25) is 5.91 Å². The molecule has 5 heteroatoms. The first-order chi connectivity index (χ1) is 9.50. The van der Waals surface area contributed by atoms with E-state index in [1.54, 1.807) is 0 Å². The number of allylic oxidation sites excluding steroid dienone is 2. The zero-order valence-corrected chi connectivity index (χ0v) is 13.7. The molecule has 0 saturated heterocycles. The summed E-state index contributed by atoms with van der Waals surface area (Å²) in [5.74, 6) is 0.0643. The van der Waals surface area contributed by atoms with Gasteiger partial charge in [0.25, 0.3) is 0 Å². The molecule has 2 N–H and O–H groups in total. The molecule has 1 rings (SSSR count). The summed E-state index contributed by atoms with van der Waals surface area (Å²) in [6.45, 7) is 3.87. The van der Waals surface area contributed by atoms with Gasteiger partial charge >= 0.3 is 0 Å². The molecule has 114 valence electrons. The van der Waals surface area contributed by atoms with Crippen LogP contribution in [0.25, 0.3) is 0 Å². The second-order valence-corrected chi connectivity index (χ2v) is 6.12. The van der Waals surface area contributed by atoms with Crippen LogP contribution in [0.1, 0.15) is 39.0 Å². The van der Waals surface area contributed by atoms with Crippen molar-refractivity contribution < 1.29 is 4.79 Å². The highest BCUT2D eigenvalue weighted by molar-refractivity contribution is 7.80. The van der Waals surface area contributed by atoms with Crippen molar-refractivity contribution in [2.24, 2.45) is 5.41 Å². The standard InChI is InChI=1S/C15H27N3OS/c1-4-15(9-6-5-7-10-15)13(19)17-14(20)16-11-8-12-18(2)3/h5-6H,4,7-12H2,1-3H3,(H2,16,17,19,20). The first kappa shape index (κ1) is 17.1. The van der Waals surface area contributed by atoms with Crippen LogP contribution < -0.4 is 10.6 Å². The maximum Gasteiger partial charge on any atom is 0.232 e. The maximum absolute atomic E-state index is 12.4. The number of nitrogens with one attached hydrogen (secondary N) is 2. The molecule has 1 aliphatic carbocycles. The Morgan fingerprint density at radius 1 is 1.40 bits per heavy atom. The summed E-state index contributed by atoms with van der Waals surface area (Å²) >= 11 is 5.20. The van der Waals surface area contributed by atoms with Gasteiger partial charge < -0.3 is 15.5 Å². The summed E-state index contributed by atoms with van der Waals surface area (Å²) in [5, 5.41) is 6.42. The van der Waals surface area contributed by atoms with Crippen LogP contribution >= 0.6 is 12.2 Å². The van der Waals surface area contributed by atoms with Gasteiger partial charge in [-0.3, -0.25) is 4.79 Å². The first-order valence-corrected chi connectivity index (χ1v) is 7.80. The van der Waals surface area contributed by atoms with Crippen molar-refractivity contribution in [2.45, 2.75) is 39.0 Å². The number of carbonyl (C=O) groups excluding carboxylic acids is 1. The summed E-state index contributed by atoms with van der Waals surface area (Å²) in [7, 11) is 4.09. The molecule has 0 bridgehead atoms. The van der Waals surface area contributed by atoms with Gasteiger partial charge in [0.1, 0.15) is 0 Å². The number of hydrogen-bond donors (Lipinski definition) is 2. The van der Waals surface area contributed by atoms with Gasteiger partial charge in [0.05, 0.1) is 5.41 Å². The fraction of sp³-hybridized carbons (Fsp3) is 0.733. The Hall–Kier alpha value is -0.940. The topological polar surface area (TPSA) is 44.4 Å². The summed E-state index contributed by atoms with van der Waals surface area (Å²) in [6, 6.07) is 0. The van der Waals surface area contributed by atoms with Gasteiger partial charge in [-0.25, -0.2) is 0 Å². The Bertz CT molecular complexity index is 368. The van der Waals surface area contributed by atoms with E-state index >= 15 is 0 Å². The fourth-order valence-electron chi connectivity index (χ4n) is 2.45. The van der Waals surface area contributed by atoms with Gasteiger partial charge in [-0.1, -0.05) is 19.1 Å². The fourth-order valence-corrected chi connectivity index (χ4v) is 2.65. The van der Waals surface area contributed by atoms with E-state index in [1.807, 2.05) is 14.1 Å². The molecule has 0 saturated carbocycles. The van der Waals surface area contributed by atoms with Crippen LogP contribution in [0.4, 0.5) is 0 Å². The highest BCUT2D eigenvalue weighted by atomic mass is 32.1. The van der Waals surface area contributed by atoms with Crippen LogP contribution in [-0.2, 0) is 4.79 Å². The molecule has 0 aromatic rings. The molecule has 1 unspecified atom stereocenters. The van der Waals surface area contributed by atoms with Crippen molar-refractivity contribution in [3.05, 3.63) is 12.2 Å². The lowest BCUT2D eigenvalue weighted by Gasteiger charge is -2.32. The molecule has 20 heavy (non-hydrogen) atoms. The molecule has 0 fully saturated rings. The largest absolute Gasteiger partial charge is 0.362 e. The third-order valence-corrected chi connectivity index (χ3v) is 4.16.